The molecule has 0 aliphatic carbocycles. The lowest BCUT2D eigenvalue weighted by Crippen LogP contribution is -2.48. The summed E-state index contributed by atoms with van der Waals surface area (Å²) >= 11 is 6.01. The number of carbonyl (C=O) groups excluding carboxylic acids is 2. The van der Waals surface area contributed by atoms with Crippen LogP contribution in [0.5, 0.6) is 0 Å². The molecule has 2 heterocycles. The van der Waals surface area contributed by atoms with E-state index in [-0.39, 0.29) is 22.2 Å². The Morgan fingerprint density at radius 1 is 1.20 bits per heavy atom. The minimum atomic E-state index is -5.17. The molecular weight excluding hydrogens is 423 g/mol. The van der Waals surface area contributed by atoms with Crippen molar-refractivity contribution >= 4 is 40.7 Å². The number of anilines is 3. The van der Waals surface area contributed by atoms with Crippen molar-refractivity contribution in [3.63, 3.8) is 0 Å². The first-order valence-electron chi connectivity index (χ1n) is 9.07. The predicted molar refractivity (Wildman–Crippen MR) is 107 cm³/mol. The summed E-state index contributed by atoms with van der Waals surface area (Å²) in [4.78, 5) is 30.8. The lowest BCUT2D eigenvalue weighted by molar-refractivity contribution is -0.169. The van der Waals surface area contributed by atoms with Gasteiger partial charge in [-0.05, 0) is 36.8 Å². The number of nitrogens with zero attached hydrogens (tertiary/aromatic N) is 3. The van der Waals surface area contributed by atoms with Gasteiger partial charge in [0.05, 0.1) is 11.4 Å². The molecule has 1 aromatic carbocycles. The highest BCUT2D eigenvalue weighted by atomic mass is 35.5. The van der Waals surface area contributed by atoms with E-state index in [1.165, 1.54) is 41.4 Å². The van der Waals surface area contributed by atoms with E-state index >= 15 is 0 Å². The number of piperazine rings is 1. The first kappa shape index (κ1) is 21.8. The van der Waals surface area contributed by atoms with Crippen LogP contribution in [0.4, 0.5) is 35.2 Å². The molecule has 0 unspecified atom stereocenters. The highest BCUT2D eigenvalue weighted by Crippen LogP contribution is 2.37. The molecule has 1 aliphatic rings. The van der Waals surface area contributed by atoms with Gasteiger partial charge < -0.3 is 15.5 Å². The number of benzene rings is 1. The summed E-state index contributed by atoms with van der Waals surface area (Å²) in [6, 6.07) is 6.28. The molecule has 3 rings (SSSR count). The van der Waals surface area contributed by atoms with Crippen molar-refractivity contribution in [3.8, 4) is 0 Å². The van der Waals surface area contributed by atoms with E-state index in [9.17, 15) is 22.8 Å². The minimum absolute atomic E-state index is 0.00269. The second kappa shape index (κ2) is 8.88. The molecule has 0 atom stereocenters. The number of halogens is 4. The van der Waals surface area contributed by atoms with Gasteiger partial charge in [0.1, 0.15) is 5.82 Å². The van der Waals surface area contributed by atoms with Gasteiger partial charge in [-0.2, -0.15) is 13.2 Å². The number of rotatable bonds is 3. The molecule has 1 saturated heterocycles. The summed E-state index contributed by atoms with van der Waals surface area (Å²) in [5.74, 6) is -2.40. The number of pyridine rings is 1. The number of aromatic nitrogens is 1. The molecule has 2 N–H and O–H groups in total. The van der Waals surface area contributed by atoms with Crippen LogP contribution in [0.2, 0.25) is 5.02 Å². The third kappa shape index (κ3) is 5.00. The number of urea groups is 1. The van der Waals surface area contributed by atoms with Crippen molar-refractivity contribution in [3.05, 3.63) is 47.1 Å². The maximum atomic E-state index is 13.4. The minimum Gasteiger partial charge on any atom is -0.322 e. The molecule has 1 fully saturated rings. The number of hydrogen-bond acceptors (Lipinski definition) is 4. The summed E-state index contributed by atoms with van der Waals surface area (Å²) in [6.45, 7) is 3.81. The Balaban J connectivity index is 2.04. The fourth-order valence-corrected chi connectivity index (χ4v) is 3.08. The quantitative estimate of drug-likeness (QED) is 0.761. The zero-order valence-corrected chi connectivity index (χ0v) is 16.7. The SMILES string of the molecule is Cc1ccc(N(C(=O)C(F)(F)F)c2cc(Cl)ccc2NC(=O)N2CCNCC2)nc1. The van der Waals surface area contributed by atoms with Crippen LogP contribution in [0.1, 0.15) is 5.56 Å². The molecule has 11 heteroatoms. The molecule has 0 radical (unpaired) electrons. The van der Waals surface area contributed by atoms with Gasteiger partial charge in [0.25, 0.3) is 0 Å². The lowest BCUT2D eigenvalue weighted by Gasteiger charge is -2.29. The van der Waals surface area contributed by atoms with Gasteiger partial charge in [-0.1, -0.05) is 17.7 Å². The van der Waals surface area contributed by atoms with Gasteiger partial charge in [0.2, 0.25) is 0 Å². The van der Waals surface area contributed by atoms with Crippen molar-refractivity contribution in [1.82, 2.24) is 15.2 Å². The average molecular weight is 442 g/mol. The van der Waals surface area contributed by atoms with Crippen LogP contribution in [-0.2, 0) is 4.79 Å². The summed E-state index contributed by atoms with van der Waals surface area (Å²) in [5, 5.41) is 5.78. The van der Waals surface area contributed by atoms with Crippen LogP contribution in [-0.4, -0.2) is 54.2 Å². The Labute approximate surface area is 175 Å². The zero-order valence-electron chi connectivity index (χ0n) is 16.0. The molecule has 1 aromatic heterocycles. The summed E-state index contributed by atoms with van der Waals surface area (Å²) in [5.41, 5.74) is 0.476. The van der Waals surface area contributed by atoms with Crippen LogP contribution in [0.3, 0.4) is 0 Å². The summed E-state index contributed by atoms with van der Waals surface area (Å²) < 4.78 is 40.1. The maximum absolute atomic E-state index is 13.4. The van der Waals surface area contributed by atoms with Crippen LogP contribution in [0.15, 0.2) is 36.5 Å². The molecule has 0 bridgehead atoms. The highest BCUT2D eigenvalue weighted by Gasteiger charge is 2.45. The van der Waals surface area contributed by atoms with E-state index in [4.69, 9.17) is 11.6 Å². The smallest absolute Gasteiger partial charge is 0.322 e. The van der Waals surface area contributed by atoms with Crippen LogP contribution in [0.25, 0.3) is 0 Å². The Kier molecular flexibility index (Phi) is 6.47. The van der Waals surface area contributed by atoms with Crippen molar-refractivity contribution < 1.29 is 22.8 Å². The third-order valence-corrected chi connectivity index (χ3v) is 4.65. The van der Waals surface area contributed by atoms with E-state index in [2.05, 4.69) is 15.6 Å². The van der Waals surface area contributed by atoms with Gasteiger partial charge in [0.15, 0.2) is 0 Å². The zero-order chi connectivity index (χ0) is 21.9. The standard InChI is InChI=1S/C19H19ClF3N5O2/c1-12-2-5-16(25-11-12)28(17(29)19(21,22)23)15-10-13(20)3-4-14(15)26-18(30)27-8-6-24-7-9-27/h2-5,10-11,24H,6-9H2,1H3,(H,26,30). The number of amides is 3. The Hall–Kier alpha value is -2.85. The van der Waals surface area contributed by atoms with Gasteiger partial charge in [-0.25, -0.2) is 9.78 Å². The van der Waals surface area contributed by atoms with Crippen LogP contribution >= 0.6 is 11.6 Å². The van der Waals surface area contributed by atoms with Crippen molar-refractivity contribution in [2.45, 2.75) is 13.1 Å². The molecule has 7 nitrogen and oxygen atoms in total. The molecule has 0 spiro atoms. The molecule has 160 valence electrons. The van der Waals surface area contributed by atoms with Gasteiger partial charge in [-0.15, -0.1) is 0 Å². The first-order valence-corrected chi connectivity index (χ1v) is 9.45. The number of nitrogens with one attached hydrogen (secondary N) is 2. The fraction of sp³-hybridized carbons (Fsp3) is 0.316. The number of hydrogen-bond donors (Lipinski definition) is 2. The van der Waals surface area contributed by atoms with Gasteiger partial charge in [-0.3, -0.25) is 9.69 Å². The maximum Gasteiger partial charge on any atom is 0.472 e. The Morgan fingerprint density at radius 2 is 1.90 bits per heavy atom. The topological polar surface area (TPSA) is 77.6 Å². The average Bonchev–Trinajstić information content (AvgIpc) is 2.71. The number of alkyl halides is 3. The molecule has 0 saturated carbocycles. The number of carbonyl (C=O) groups is 2. The Morgan fingerprint density at radius 3 is 2.50 bits per heavy atom. The van der Waals surface area contributed by atoms with E-state index < -0.39 is 18.1 Å². The first-order chi connectivity index (χ1) is 14.2. The van der Waals surface area contributed by atoms with E-state index in [1.54, 1.807) is 6.92 Å². The van der Waals surface area contributed by atoms with Gasteiger partial charge in [0, 0.05) is 37.4 Å². The second-order valence-electron chi connectivity index (χ2n) is 6.66. The van der Waals surface area contributed by atoms with Crippen molar-refractivity contribution in [1.29, 1.82) is 0 Å². The normalized spacial score (nSPS) is 14.4. The molecule has 30 heavy (non-hydrogen) atoms. The van der Waals surface area contributed by atoms with Gasteiger partial charge >= 0.3 is 18.1 Å². The molecular formula is C19H19ClF3N5O2. The second-order valence-corrected chi connectivity index (χ2v) is 7.10. The predicted octanol–water partition coefficient (Wildman–Crippen LogP) is 3.71. The van der Waals surface area contributed by atoms with Crippen molar-refractivity contribution in [2.24, 2.45) is 0 Å². The van der Waals surface area contributed by atoms with E-state index in [0.717, 1.165) is 0 Å². The lowest BCUT2D eigenvalue weighted by atomic mass is 10.2. The third-order valence-electron chi connectivity index (χ3n) is 4.42. The van der Waals surface area contributed by atoms with Crippen LogP contribution in [0, 0.1) is 6.92 Å². The molecule has 2 aromatic rings. The fourth-order valence-electron chi connectivity index (χ4n) is 2.91. The Bertz CT molecular complexity index is 931. The molecule has 3 amide bonds. The monoisotopic (exact) mass is 441 g/mol. The van der Waals surface area contributed by atoms with Crippen molar-refractivity contribution in [2.75, 3.05) is 36.4 Å². The van der Waals surface area contributed by atoms with E-state index in [0.29, 0.717) is 36.6 Å². The summed E-state index contributed by atoms with van der Waals surface area (Å²) in [6.07, 6.45) is -3.83. The van der Waals surface area contributed by atoms with E-state index in [1.807, 2.05) is 0 Å². The molecule has 1 aliphatic heterocycles. The largest absolute Gasteiger partial charge is 0.472 e. The highest BCUT2D eigenvalue weighted by molar-refractivity contribution is 6.31. The summed E-state index contributed by atoms with van der Waals surface area (Å²) in [7, 11) is 0. The van der Waals surface area contributed by atoms with Crippen LogP contribution < -0.4 is 15.5 Å². The number of aryl methyl sites for hydroxylation is 1.